The smallest absolute Gasteiger partial charge is 0.119 e. The SMILES string of the molecule is Cc1cccc(OCCC(C#N)c2ccccc2C)c1. The quantitative estimate of drug-likeness (QED) is 0.803. The maximum Gasteiger partial charge on any atom is 0.119 e. The van der Waals surface area contributed by atoms with E-state index in [0.29, 0.717) is 13.0 Å². The van der Waals surface area contributed by atoms with Crippen molar-refractivity contribution in [3.63, 3.8) is 0 Å². The van der Waals surface area contributed by atoms with Crippen molar-refractivity contribution >= 4 is 0 Å². The van der Waals surface area contributed by atoms with Crippen LogP contribution in [0.2, 0.25) is 0 Å². The molecule has 0 fully saturated rings. The van der Waals surface area contributed by atoms with Crippen molar-refractivity contribution in [1.29, 1.82) is 5.26 Å². The van der Waals surface area contributed by atoms with Crippen LogP contribution in [0.5, 0.6) is 5.75 Å². The zero-order chi connectivity index (χ0) is 14.4. The van der Waals surface area contributed by atoms with Crippen LogP contribution >= 0.6 is 0 Å². The molecule has 20 heavy (non-hydrogen) atoms. The van der Waals surface area contributed by atoms with Crippen molar-refractivity contribution in [2.75, 3.05) is 6.61 Å². The molecule has 1 atom stereocenters. The summed E-state index contributed by atoms with van der Waals surface area (Å²) in [5.74, 6) is 0.757. The molecule has 0 aliphatic rings. The number of aryl methyl sites for hydroxylation is 2. The average Bonchev–Trinajstić information content (AvgIpc) is 2.45. The molecule has 0 aromatic heterocycles. The number of ether oxygens (including phenoxy) is 1. The third-order valence-corrected chi connectivity index (χ3v) is 3.38. The van der Waals surface area contributed by atoms with E-state index in [0.717, 1.165) is 16.9 Å². The Morgan fingerprint density at radius 1 is 1.10 bits per heavy atom. The number of nitriles is 1. The largest absolute Gasteiger partial charge is 0.494 e. The van der Waals surface area contributed by atoms with Crippen molar-refractivity contribution in [2.45, 2.75) is 26.2 Å². The van der Waals surface area contributed by atoms with Crippen LogP contribution in [0, 0.1) is 25.2 Å². The number of benzene rings is 2. The third-order valence-electron chi connectivity index (χ3n) is 3.38. The lowest BCUT2D eigenvalue weighted by Gasteiger charge is -2.13. The summed E-state index contributed by atoms with van der Waals surface area (Å²) in [5.41, 5.74) is 3.44. The second kappa shape index (κ2) is 6.77. The molecule has 0 heterocycles. The molecule has 0 saturated heterocycles. The Labute approximate surface area is 120 Å². The molecule has 2 heteroatoms. The van der Waals surface area contributed by atoms with E-state index in [4.69, 9.17) is 4.74 Å². The highest BCUT2D eigenvalue weighted by atomic mass is 16.5. The van der Waals surface area contributed by atoms with Gasteiger partial charge >= 0.3 is 0 Å². The summed E-state index contributed by atoms with van der Waals surface area (Å²) < 4.78 is 5.73. The summed E-state index contributed by atoms with van der Waals surface area (Å²) in [6, 6.07) is 18.4. The van der Waals surface area contributed by atoms with Gasteiger partial charge in [-0.15, -0.1) is 0 Å². The van der Waals surface area contributed by atoms with Crippen LogP contribution in [0.1, 0.15) is 29.0 Å². The van der Waals surface area contributed by atoms with Gasteiger partial charge in [-0.05, 0) is 42.7 Å². The number of hydrogen-bond acceptors (Lipinski definition) is 2. The van der Waals surface area contributed by atoms with Gasteiger partial charge in [-0.3, -0.25) is 0 Å². The Morgan fingerprint density at radius 2 is 1.90 bits per heavy atom. The van der Waals surface area contributed by atoms with Crippen molar-refractivity contribution < 1.29 is 4.74 Å². The van der Waals surface area contributed by atoms with Crippen LogP contribution in [0.3, 0.4) is 0 Å². The number of rotatable bonds is 5. The molecular formula is C18H19NO. The van der Waals surface area contributed by atoms with Crippen molar-refractivity contribution in [1.82, 2.24) is 0 Å². The summed E-state index contributed by atoms with van der Waals surface area (Å²) in [4.78, 5) is 0. The fraction of sp³-hybridized carbons (Fsp3) is 0.278. The number of nitrogens with zero attached hydrogens (tertiary/aromatic N) is 1. The van der Waals surface area contributed by atoms with Gasteiger partial charge in [-0.1, -0.05) is 36.4 Å². The molecule has 0 bridgehead atoms. The zero-order valence-electron chi connectivity index (χ0n) is 12.0. The molecule has 2 aromatic carbocycles. The summed E-state index contributed by atoms with van der Waals surface area (Å²) in [5, 5.41) is 9.34. The molecule has 102 valence electrons. The average molecular weight is 265 g/mol. The molecule has 1 unspecified atom stereocenters. The minimum absolute atomic E-state index is 0.110. The van der Waals surface area contributed by atoms with Gasteiger partial charge in [0, 0.05) is 6.42 Å². The molecule has 0 radical (unpaired) electrons. The van der Waals surface area contributed by atoms with Crippen LogP contribution in [0.4, 0.5) is 0 Å². The monoisotopic (exact) mass is 265 g/mol. The number of hydrogen-bond donors (Lipinski definition) is 0. The Balaban J connectivity index is 1.96. The normalized spacial score (nSPS) is 11.7. The van der Waals surface area contributed by atoms with Crippen LogP contribution in [0.25, 0.3) is 0 Å². The first-order valence-corrected chi connectivity index (χ1v) is 6.85. The highest BCUT2D eigenvalue weighted by molar-refractivity contribution is 5.33. The molecule has 0 saturated carbocycles. The van der Waals surface area contributed by atoms with E-state index in [2.05, 4.69) is 6.07 Å². The topological polar surface area (TPSA) is 33.0 Å². The van der Waals surface area contributed by atoms with E-state index in [1.165, 1.54) is 5.56 Å². The Bertz CT molecular complexity index is 613. The van der Waals surface area contributed by atoms with Gasteiger partial charge in [0.2, 0.25) is 0 Å². The second-order valence-electron chi connectivity index (χ2n) is 4.99. The van der Waals surface area contributed by atoms with Crippen LogP contribution < -0.4 is 4.74 Å². The summed E-state index contributed by atoms with van der Waals surface area (Å²) >= 11 is 0. The fourth-order valence-electron chi connectivity index (χ4n) is 2.27. The van der Waals surface area contributed by atoms with Crippen molar-refractivity contribution in [2.24, 2.45) is 0 Å². The fourth-order valence-corrected chi connectivity index (χ4v) is 2.27. The second-order valence-corrected chi connectivity index (χ2v) is 4.99. The Kier molecular flexibility index (Phi) is 4.79. The Morgan fingerprint density at radius 3 is 2.60 bits per heavy atom. The summed E-state index contributed by atoms with van der Waals surface area (Å²) in [6.07, 6.45) is 0.704. The highest BCUT2D eigenvalue weighted by Crippen LogP contribution is 2.23. The van der Waals surface area contributed by atoms with E-state index in [9.17, 15) is 5.26 Å². The molecular weight excluding hydrogens is 246 g/mol. The lowest BCUT2D eigenvalue weighted by Crippen LogP contribution is -2.05. The zero-order valence-corrected chi connectivity index (χ0v) is 12.0. The lowest BCUT2D eigenvalue weighted by molar-refractivity contribution is 0.305. The van der Waals surface area contributed by atoms with Gasteiger partial charge in [0.1, 0.15) is 5.75 Å². The molecule has 2 nitrogen and oxygen atoms in total. The lowest BCUT2D eigenvalue weighted by atomic mass is 9.94. The van der Waals surface area contributed by atoms with Gasteiger partial charge in [0.25, 0.3) is 0 Å². The molecule has 0 aliphatic heterocycles. The molecule has 0 aliphatic carbocycles. The first kappa shape index (κ1) is 14.1. The van der Waals surface area contributed by atoms with E-state index in [1.54, 1.807) is 0 Å². The van der Waals surface area contributed by atoms with Gasteiger partial charge in [0.05, 0.1) is 18.6 Å². The van der Waals surface area contributed by atoms with E-state index >= 15 is 0 Å². The first-order chi connectivity index (χ1) is 9.70. The molecule has 2 rings (SSSR count). The summed E-state index contributed by atoms with van der Waals surface area (Å²) in [7, 11) is 0. The Hall–Kier alpha value is -2.27. The predicted molar refractivity (Wildman–Crippen MR) is 80.8 cm³/mol. The van der Waals surface area contributed by atoms with E-state index < -0.39 is 0 Å². The van der Waals surface area contributed by atoms with Gasteiger partial charge in [-0.2, -0.15) is 5.26 Å². The standard InChI is InChI=1S/C18H19NO/c1-14-6-5-8-17(12-14)20-11-10-16(13-19)18-9-4-3-7-15(18)2/h3-9,12,16H,10-11H2,1-2H3. The van der Waals surface area contributed by atoms with Crippen molar-refractivity contribution in [3.8, 4) is 11.8 Å². The molecule has 0 amide bonds. The van der Waals surface area contributed by atoms with Crippen molar-refractivity contribution in [3.05, 3.63) is 65.2 Å². The van der Waals surface area contributed by atoms with E-state index in [-0.39, 0.29) is 5.92 Å². The highest BCUT2D eigenvalue weighted by Gasteiger charge is 2.12. The maximum absolute atomic E-state index is 9.34. The molecule has 0 N–H and O–H groups in total. The van der Waals surface area contributed by atoms with Crippen LogP contribution in [0.15, 0.2) is 48.5 Å². The molecule has 0 spiro atoms. The van der Waals surface area contributed by atoms with Gasteiger partial charge in [0.15, 0.2) is 0 Å². The van der Waals surface area contributed by atoms with Gasteiger partial charge in [-0.25, -0.2) is 0 Å². The first-order valence-electron chi connectivity index (χ1n) is 6.85. The van der Waals surface area contributed by atoms with Crippen LogP contribution in [-0.2, 0) is 0 Å². The summed E-state index contributed by atoms with van der Waals surface area (Å²) in [6.45, 7) is 4.63. The van der Waals surface area contributed by atoms with E-state index in [1.807, 2.05) is 62.4 Å². The third kappa shape index (κ3) is 3.61. The molecule has 2 aromatic rings. The van der Waals surface area contributed by atoms with Gasteiger partial charge < -0.3 is 4.74 Å². The maximum atomic E-state index is 9.34. The predicted octanol–water partition coefficient (Wildman–Crippen LogP) is 4.38. The minimum Gasteiger partial charge on any atom is -0.494 e. The van der Waals surface area contributed by atoms with Crippen LogP contribution in [-0.4, -0.2) is 6.61 Å². The minimum atomic E-state index is -0.110.